The third-order valence-corrected chi connectivity index (χ3v) is 6.36. The number of hydrogen-bond acceptors (Lipinski definition) is 7. The van der Waals surface area contributed by atoms with Gasteiger partial charge in [0.2, 0.25) is 5.91 Å². The van der Waals surface area contributed by atoms with E-state index in [0.717, 1.165) is 0 Å². The molecular formula is C23H25ClN6O4S. The zero-order valence-corrected chi connectivity index (χ0v) is 21.0. The summed E-state index contributed by atoms with van der Waals surface area (Å²) in [7, 11) is 1.78. The average Bonchev–Trinajstić information content (AvgIpc) is 3.17. The van der Waals surface area contributed by atoms with Crippen molar-refractivity contribution in [1.82, 2.24) is 20.1 Å². The first kappa shape index (κ1) is 26.2. The van der Waals surface area contributed by atoms with Gasteiger partial charge < -0.3 is 15.2 Å². The van der Waals surface area contributed by atoms with Gasteiger partial charge in [0.1, 0.15) is 0 Å². The van der Waals surface area contributed by atoms with Crippen molar-refractivity contribution < 1.29 is 14.5 Å². The monoisotopic (exact) mass is 516 g/mol. The van der Waals surface area contributed by atoms with Crippen LogP contribution in [-0.2, 0) is 11.8 Å². The topological polar surface area (TPSA) is 132 Å². The molecule has 0 bridgehead atoms. The standard InChI is InChI=1S/C23H25ClN6O4S/c1-14(2)12-19(26-22(32)17-6-4-5-7-18(17)24)21-27-28-23(29(21)3)35-13-20(31)25-15-8-10-16(11-9-15)30(33)34/h4-11,14,19H,12-13H2,1-3H3,(H,25,31)(H,26,32)/t19-/m0/s1. The molecular weight excluding hydrogens is 492 g/mol. The molecule has 0 fully saturated rings. The van der Waals surface area contributed by atoms with E-state index in [1.807, 2.05) is 13.8 Å². The summed E-state index contributed by atoms with van der Waals surface area (Å²) in [5.74, 6) is 0.299. The van der Waals surface area contributed by atoms with Crippen LogP contribution in [0.3, 0.4) is 0 Å². The highest BCUT2D eigenvalue weighted by atomic mass is 35.5. The lowest BCUT2D eigenvalue weighted by Crippen LogP contribution is -2.31. The number of anilines is 1. The van der Waals surface area contributed by atoms with Gasteiger partial charge in [0.15, 0.2) is 11.0 Å². The molecule has 0 saturated heterocycles. The molecule has 2 aromatic carbocycles. The Hall–Kier alpha value is -3.44. The van der Waals surface area contributed by atoms with Crippen molar-refractivity contribution >= 4 is 46.6 Å². The molecule has 0 radical (unpaired) electrons. The van der Waals surface area contributed by atoms with Crippen LogP contribution in [0.25, 0.3) is 0 Å². The van der Waals surface area contributed by atoms with Gasteiger partial charge in [0.05, 0.1) is 27.3 Å². The van der Waals surface area contributed by atoms with Gasteiger partial charge in [0, 0.05) is 24.9 Å². The summed E-state index contributed by atoms with van der Waals surface area (Å²) >= 11 is 7.37. The molecule has 0 saturated carbocycles. The maximum absolute atomic E-state index is 12.8. The number of non-ortho nitro benzene ring substituents is 1. The van der Waals surface area contributed by atoms with Crippen LogP contribution in [0.1, 0.15) is 42.5 Å². The lowest BCUT2D eigenvalue weighted by Gasteiger charge is -2.20. The second-order valence-electron chi connectivity index (χ2n) is 8.18. The molecule has 184 valence electrons. The van der Waals surface area contributed by atoms with Crippen LogP contribution in [0, 0.1) is 16.0 Å². The number of aromatic nitrogens is 3. The zero-order chi connectivity index (χ0) is 25.5. The third kappa shape index (κ3) is 7.03. The number of carbonyl (C=O) groups is 2. The fourth-order valence-corrected chi connectivity index (χ4v) is 4.27. The molecule has 3 rings (SSSR count). The van der Waals surface area contributed by atoms with E-state index in [2.05, 4.69) is 20.8 Å². The number of hydrogen-bond donors (Lipinski definition) is 2. The number of halogens is 1. The van der Waals surface area contributed by atoms with Crippen molar-refractivity contribution in [2.75, 3.05) is 11.1 Å². The quantitative estimate of drug-likeness (QED) is 0.228. The average molecular weight is 517 g/mol. The van der Waals surface area contributed by atoms with E-state index in [1.165, 1.54) is 36.0 Å². The predicted molar refractivity (Wildman–Crippen MR) is 135 cm³/mol. The summed E-state index contributed by atoms with van der Waals surface area (Å²) < 4.78 is 1.75. The number of nitrogens with zero attached hydrogens (tertiary/aromatic N) is 4. The van der Waals surface area contributed by atoms with E-state index in [0.29, 0.717) is 33.7 Å². The van der Waals surface area contributed by atoms with Crippen LogP contribution in [0.4, 0.5) is 11.4 Å². The highest BCUT2D eigenvalue weighted by Crippen LogP contribution is 2.25. The summed E-state index contributed by atoms with van der Waals surface area (Å²) in [6, 6.07) is 12.0. The van der Waals surface area contributed by atoms with Gasteiger partial charge in [-0.3, -0.25) is 19.7 Å². The lowest BCUT2D eigenvalue weighted by atomic mass is 10.0. The fourth-order valence-electron chi connectivity index (χ4n) is 3.33. The minimum Gasteiger partial charge on any atom is -0.342 e. The first-order valence-corrected chi connectivity index (χ1v) is 12.1. The van der Waals surface area contributed by atoms with Gasteiger partial charge in [-0.1, -0.05) is 49.3 Å². The Labute approximate surface area is 211 Å². The molecule has 1 aromatic heterocycles. The summed E-state index contributed by atoms with van der Waals surface area (Å²) in [6.45, 7) is 4.09. The van der Waals surface area contributed by atoms with Gasteiger partial charge in [-0.25, -0.2) is 0 Å². The van der Waals surface area contributed by atoms with Gasteiger partial charge in [0.25, 0.3) is 11.6 Å². The second-order valence-corrected chi connectivity index (χ2v) is 9.53. The zero-order valence-electron chi connectivity index (χ0n) is 19.4. The van der Waals surface area contributed by atoms with E-state index in [4.69, 9.17) is 11.6 Å². The minimum atomic E-state index is -0.503. The minimum absolute atomic E-state index is 0.0541. The van der Waals surface area contributed by atoms with Gasteiger partial charge >= 0.3 is 0 Å². The van der Waals surface area contributed by atoms with Crippen molar-refractivity contribution in [1.29, 1.82) is 0 Å². The number of benzene rings is 2. The number of nitro benzene ring substituents is 1. The number of nitro groups is 1. The summed E-state index contributed by atoms with van der Waals surface area (Å²) in [6.07, 6.45) is 0.632. The van der Waals surface area contributed by atoms with E-state index in [1.54, 1.807) is 35.9 Å². The van der Waals surface area contributed by atoms with Crippen LogP contribution in [0.15, 0.2) is 53.7 Å². The summed E-state index contributed by atoms with van der Waals surface area (Å²) in [4.78, 5) is 35.4. The summed E-state index contributed by atoms with van der Waals surface area (Å²) in [5.41, 5.74) is 0.781. The van der Waals surface area contributed by atoms with Crippen LogP contribution < -0.4 is 10.6 Å². The number of carbonyl (C=O) groups excluding carboxylic acids is 2. The van der Waals surface area contributed by atoms with Crippen molar-refractivity contribution in [2.45, 2.75) is 31.5 Å². The van der Waals surface area contributed by atoms with Crippen molar-refractivity contribution in [3.8, 4) is 0 Å². The SMILES string of the molecule is CC(C)C[C@H](NC(=O)c1ccccc1Cl)c1nnc(SCC(=O)Nc2ccc([N+](=O)[O-])cc2)n1C. The largest absolute Gasteiger partial charge is 0.342 e. The van der Waals surface area contributed by atoms with Crippen LogP contribution in [0.2, 0.25) is 5.02 Å². The number of thioether (sulfide) groups is 1. The first-order valence-electron chi connectivity index (χ1n) is 10.8. The Morgan fingerprint density at radius 3 is 2.46 bits per heavy atom. The molecule has 0 aliphatic heterocycles. The fraction of sp³-hybridized carbons (Fsp3) is 0.304. The molecule has 2 amide bonds. The molecule has 0 aliphatic carbocycles. The van der Waals surface area contributed by atoms with E-state index in [-0.39, 0.29) is 29.2 Å². The smallest absolute Gasteiger partial charge is 0.269 e. The molecule has 0 spiro atoms. The molecule has 0 unspecified atom stereocenters. The number of rotatable bonds is 10. The molecule has 35 heavy (non-hydrogen) atoms. The molecule has 0 aliphatic rings. The van der Waals surface area contributed by atoms with Crippen LogP contribution in [0.5, 0.6) is 0 Å². The van der Waals surface area contributed by atoms with Crippen molar-refractivity contribution in [3.05, 3.63) is 75.1 Å². The molecule has 12 heteroatoms. The Kier molecular flexibility index (Phi) is 8.83. The van der Waals surface area contributed by atoms with Crippen molar-refractivity contribution in [3.63, 3.8) is 0 Å². The Bertz CT molecular complexity index is 1210. The van der Waals surface area contributed by atoms with Crippen LogP contribution in [-0.4, -0.2) is 37.3 Å². The van der Waals surface area contributed by atoms with E-state index >= 15 is 0 Å². The predicted octanol–water partition coefficient (Wildman–Crippen LogP) is 4.62. The maximum atomic E-state index is 12.8. The molecule has 10 nitrogen and oxygen atoms in total. The van der Waals surface area contributed by atoms with E-state index < -0.39 is 11.0 Å². The van der Waals surface area contributed by atoms with E-state index in [9.17, 15) is 19.7 Å². The number of amides is 2. The maximum Gasteiger partial charge on any atom is 0.269 e. The normalized spacial score (nSPS) is 11.8. The van der Waals surface area contributed by atoms with Gasteiger partial charge in [-0.05, 0) is 36.6 Å². The highest BCUT2D eigenvalue weighted by molar-refractivity contribution is 7.99. The second kappa shape index (κ2) is 11.8. The van der Waals surface area contributed by atoms with Gasteiger partial charge in [-0.15, -0.1) is 10.2 Å². The Balaban J connectivity index is 1.66. The lowest BCUT2D eigenvalue weighted by molar-refractivity contribution is -0.384. The first-order chi connectivity index (χ1) is 16.7. The van der Waals surface area contributed by atoms with Gasteiger partial charge in [-0.2, -0.15) is 0 Å². The number of nitrogens with one attached hydrogen (secondary N) is 2. The molecule has 2 N–H and O–H groups in total. The summed E-state index contributed by atoms with van der Waals surface area (Å²) in [5, 5.41) is 25.8. The van der Waals surface area contributed by atoms with Crippen LogP contribution >= 0.6 is 23.4 Å². The molecule has 1 heterocycles. The Morgan fingerprint density at radius 2 is 1.83 bits per heavy atom. The highest BCUT2D eigenvalue weighted by Gasteiger charge is 2.24. The Morgan fingerprint density at radius 1 is 1.14 bits per heavy atom. The molecule has 3 aromatic rings. The third-order valence-electron chi connectivity index (χ3n) is 5.01. The molecule has 1 atom stereocenters. The van der Waals surface area contributed by atoms with Crippen molar-refractivity contribution in [2.24, 2.45) is 13.0 Å².